The topological polar surface area (TPSA) is 72.8 Å². The van der Waals surface area contributed by atoms with E-state index in [2.05, 4.69) is 123 Å². The van der Waals surface area contributed by atoms with Crippen molar-refractivity contribution in [2.24, 2.45) is 0 Å². The van der Waals surface area contributed by atoms with Crippen molar-refractivity contribution in [1.82, 2.24) is 0 Å². The largest absolute Gasteiger partial charge is 0.462 e. The monoisotopic (exact) mass is 1170 g/mol. The third kappa shape index (κ3) is 71.0. The van der Waals surface area contributed by atoms with Crippen LogP contribution in [0.4, 0.5) is 0 Å². The molecule has 0 aromatic carbocycles. The third-order valence-electron chi connectivity index (χ3n) is 16.1. The van der Waals surface area contributed by atoms with Crippen molar-refractivity contribution < 1.29 is 24.2 Å². The molecule has 0 bridgehead atoms. The lowest BCUT2D eigenvalue weighted by atomic mass is 10.0. The number of hydrogen-bond acceptors (Lipinski definition) is 5. The van der Waals surface area contributed by atoms with Crippen LogP contribution in [0.1, 0.15) is 361 Å². The Morgan fingerprint density at radius 1 is 0.286 bits per heavy atom. The van der Waals surface area contributed by atoms with Crippen LogP contribution >= 0.6 is 0 Å². The van der Waals surface area contributed by atoms with E-state index in [0.29, 0.717) is 12.8 Å². The highest BCUT2D eigenvalue weighted by Crippen LogP contribution is 2.19. The fourth-order valence-electron chi connectivity index (χ4n) is 10.7. The van der Waals surface area contributed by atoms with Crippen LogP contribution in [0.15, 0.2) is 109 Å². The molecule has 0 saturated carbocycles. The summed E-state index contributed by atoms with van der Waals surface area (Å²) in [5.41, 5.74) is 0. The summed E-state index contributed by atoms with van der Waals surface area (Å²) >= 11 is 0. The number of hydrogen-bond donors (Lipinski definition) is 1. The average Bonchev–Trinajstić information content (AvgIpc) is 3.51. The molecule has 0 aromatic rings. The second-order valence-electron chi connectivity index (χ2n) is 24.3. The first-order valence-corrected chi connectivity index (χ1v) is 36.4. The van der Waals surface area contributed by atoms with Crippen molar-refractivity contribution in [1.29, 1.82) is 0 Å². The van der Waals surface area contributed by atoms with Crippen LogP contribution in [0.2, 0.25) is 0 Å². The Labute approximate surface area is 522 Å². The summed E-state index contributed by atoms with van der Waals surface area (Å²) in [5, 5.41) is 9.69. The van der Waals surface area contributed by atoms with Crippen molar-refractivity contribution in [3.05, 3.63) is 109 Å². The van der Waals surface area contributed by atoms with Gasteiger partial charge in [0.15, 0.2) is 6.10 Å². The summed E-state index contributed by atoms with van der Waals surface area (Å²) in [6.07, 6.45) is 107. The number of ether oxygens (including phenoxy) is 2. The molecule has 1 unspecified atom stereocenters. The van der Waals surface area contributed by atoms with Gasteiger partial charge in [0.05, 0.1) is 6.61 Å². The van der Waals surface area contributed by atoms with Gasteiger partial charge in [0.1, 0.15) is 6.61 Å². The van der Waals surface area contributed by atoms with Crippen LogP contribution in [0.25, 0.3) is 0 Å². The lowest BCUT2D eigenvalue weighted by molar-refractivity contribution is -0.161. The van der Waals surface area contributed by atoms with E-state index in [-0.39, 0.29) is 31.6 Å². The van der Waals surface area contributed by atoms with Crippen LogP contribution in [-0.2, 0) is 19.1 Å². The number of carbonyl (C=O) groups excluding carboxylic acids is 2. The van der Waals surface area contributed by atoms with E-state index < -0.39 is 6.10 Å². The van der Waals surface area contributed by atoms with E-state index in [1.807, 2.05) is 0 Å². The molecule has 0 radical (unpaired) electrons. The Hall–Kier alpha value is -3.44. The van der Waals surface area contributed by atoms with E-state index in [1.54, 1.807) is 0 Å². The number of aliphatic hydroxyl groups excluding tert-OH is 1. The summed E-state index contributed by atoms with van der Waals surface area (Å²) in [6.45, 7) is 4.02. The SMILES string of the molecule is CC/C=C\C/C=C\C/C=C\C/C=C\C/C=C\C/C=C\C/C=C\C/C=C\C/C=C\CCCC(=O)OC(CO)COC(=O)CCCCCCCCCCCCCCCCCCCCCCCCCCCCCCCCCCCCCCCCCCC. The first-order valence-electron chi connectivity index (χ1n) is 36.4. The Balaban J connectivity index is 3.48. The number of unbranched alkanes of at least 4 members (excludes halogenated alkanes) is 41. The molecule has 0 aliphatic rings. The summed E-state index contributed by atoms with van der Waals surface area (Å²) in [4.78, 5) is 24.6. The third-order valence-corrected chi connectivity index (χ3v) is 16.1. The number of aliphatic hydroxyl groups is 1. The average molecular weight is 1170 g/mol. The highest BCUT2D eigenvalue weighted by Gasteiger charge is 2.16. The molecule has 0 aliphatic carbocycles. The Bertz CT molecular complexity index is 1610. The zero-order valence-corrected chi connectivity index (χ0v) is 55.6. The van der Waals surface area contributed by atoms with Gasteiger partial charge in [-0.05, 0) is 77.0 Å². The lowest BCUT2D eigenvalue weighted by Crippen LogP contribution is -2.28. The molecule has 1 N–H and O–H groups in total. The van der Waals surface area contributed by atoms with E-state index >= 15 is 0 Å². The van der Waals surface area contributed by atoms with Gasteiger partial charge >= 0.3 is 11.9 Å². The van der Waals surface area contributed by atoms with Crippen LogP contribution in [0.3, 0.4) is 0 Å². The van der Waals surface area contributed by atoms with Crippen molar-refractivity contribution in [3.63, 3.8) is 0 Å². The predicted octanol–water partition coefficient (Wildman–Crippen LogP) is 25.5. The number of allylic oxidation sites excluding steroid dienone is 18. The van der Waals surface area contributed by atoms with Gasteiger partial charge in [0.2, 0.25) is 0 Å². The van der Waals surface area contributed by atoms with Gasteiger partial charge in [-0.1, -0.05) is 380 Å². The summed E-state index contributed by atoms with van der Waals surface area (Å²) in [5.74, 6) is -0.654. The van der Waals surface area contributed by atoms with Crippen LogP contribution in [0.5, 0.6) is 0 Å². The predicted molar refractivity (Wildman–Crippen MR) is 371 cm³/mol. The first kappa shape index (κ1) is 80.6. The zero-order chi connectivity index (χ0) is 60.5. The summed E-state index contributed by atoms with van der Waals surface area (Å²) in [6, 6.07) is 0. The molecule has 484 valence electrons. The fraction of sp³-hybridized carbons (Fsp3) is 0.747. The molecular formula is C79H138O5. The quantitative estimate of drug-likeness (QED) is 0.0373. The molecule has 84 heavy (non-hydrogen) atoms. The molecule has 5 heteroatoms. The normalized spacial score (nSPS) is 12.8. The van der Waals surface area contributed by atoms with Gasteiger partial charge in [0, 0.05) is 12.8 Å². The zero-order valence-electron chi connectivity index (χ0n) is 55.6. The summed E-state index contributed by atoms with van der Waals surface area (Å²) in [7, 11) is 0. The van der Waals surface area contributed by atoms with E-state index in [4.69, 9.17) is 9.47 Å². The molecule has 0 spiro atoms. The first-order chi connectivity index (χ1) is 41.6. The van der Waals surface area contributed by atoms with E-state index in [9.17, 15) is 14.7 Å². The minimum atomic E-state index is -0.811. The maximum Gasteiger partial charge on any atom is 0.306 e. The van der Waals surface area contributed by atoms with Crippen LogP contribution < -0.4 is 0 Å². The van der Waals surface area contributed by atoms with E-state index in [0.717, 1.165) is 83.5 Å². The molecule has 5 nitrogen and oxygen atoms in total. The van der Waals surface area contributed by atoms with Crippen LogP contribution in [0, 0.1) is 0 Å². The molecule has 0 rings (SSSR count). The molecule has 0 fully saturated rings. The standard InChI is InChI=1S/C79H138O5/c1-3-5-7-9-11-13-15-17-19-21-23-25-27-29-31-33-34-35-36-37-38-39-40-41-42-43-44-46-47-49-51-53-55-57-59-61-63-65-67-69-71-73-78(81)83-76-77(75-80)84-79(82)74-72-70-68-66-64-62-60-58-56-54-52-50-48-45-32-30-28-26-24-22-20-18-16-14-12-10-8-6-4-2/h6,8,12,14,18,20,24,26,30,32,48,50,54,56,60,62,66,68,77,80H,3-5,7,9-11,13,15-17,19,21-23,25,27-29,31,33-47,49,51-53,55,57-59,61,63-65,67,69-76H2,1-2H3/b8-6-,14-12-,20-18-,26-24-,32-30-,50-48-,56-54-,62-60-,68-66-. The molecule has 0 amide bonds. The molecule has 0 saturated heterocycles. The molecule has 0 heterocycles. The van der Waals surface area contributed by atoms with Gasteiger partial charge in [-0.3, -0.25) is 9.59 Å². The maximum absolute atomic E-state index is 12.3. The van der Waals surface area contributed by atoms with Crippen molar-refractivity contribution in [3.8, 4) is 0 Å². The Kier molecular flexibility index (Phi) is 70.8. The molecule has 1 atom stereocenters. The molecule has 0 aromatic heterocycles. The van der Waals surface area contributed by atoms with Crippen molar-refractivity contribution >= 4 is 11.9 Å². The highest BCUT2D eigenvalue weighted by atomic mass is 16.6. The van der Waals surface area contributed by atoms with Crippen LogP contribution in [-0.4, -0.2) is 36.4 Å². The van der Waals surface area contributed by atoms with E-state index in [1.165, 1.54) is 244 Å². The maximum atomic E-state index is 12.3. The van der Waals surface area contributed by atoms with Gasteiger partial charge in [-0.2, -0.15) is 0 Å². The fourth-order valence-corrected chi connectivity index (χ4v) is 10.7. The minimum Gasteiger partial charge on any atom is -0.462 e. The second kappa shape index (κ2) is 73.8. The number of rotatable bonds is 67. The minimum absolute atomic E-state index is 0.0925. The highest BCUT2D eigenvalue weighted by molar-refractivity contribution is 5.70. The Morgan fingerprint density at radius 3 is 0.762 bits per heavy atom. The second-order valence-corrected chi connectivity index (χ2v) is 24.3. The number of esters is 2. The smallest absolute Gasteiger partial charge is 0.306 e. The van der Waals surface area contributed by atoms with Gasteiger partial charge in [-0.15, -0.1) is 0 Å². The van der Waals surface area contributed by atoms with Crippen molar-refractivity contribution in [2.45, 2.75) is 367 Å². The lowest BCUT2D eigenvalue weighted by Gasteiger charge is -2.15. The van der Waals surface area contributed by atoms with Gasteiger partial charge < -0.3 is 14.6 Å². The van der Waals surface area contributed by atoms with Crippen molar-refractivity contribution in [2.75, 3.05) is 13.2 Å². The molecule has 0 aliphatic heterocycles. The van der Waals surface area contributed by atoms with Gasteiger partial charge in [-0.25, -0.2) is 0 Å². The number of carbonyl (C=O) groups is 2. The summed E-state index contributed by atoms with van der Waals surface area (Å²) < 4.78 is 10.7. The van der Waals surface area contributed by atoms with Gasteiger partial charge in [0.25, 0.3) is 0 Å². The Morgan fingerprint density at radius 2 is 0.512 bits per heavy atom. The molecular weight excluding hydrogens is 1030 g/mol.